The van der Waals surface area contributed by atoms with E-state index in [2.05, 4.69) is 30.9 Å². The van der Waals surface area contributed by atoms with Gasteiger partial charge in [-0.2, -0.15) is 5.10 Å². The first kappa shape index (κ1) is 13.7. The molecule has 1 aromatic heterocycles. The van der Waals surface area contributed by atoms with Gasteiger partial charge in [0, 0.05) is 25.3 Å². The minimum absolute atomic E-state index is 0.194. The van der Waals surface area contributed by atoms with E-state index in [0.717, 1.165) is 24.3 Å². The second-order valence-corrected chi connectivity index (χ2v) is 4.81. The predicted octanol–water partition coefficient (Wildman–Crippen LogP) is 3.24. The maximum absolute atomic E-state index is 12.9. The van der Waals surface area contributed by atoms with Crippen molar-refractivity contribution in [1.29, 1.82) is 0 Å². The van der Waals surface area contributed by atoms with E-state index in [1.54, 1.807) is 0 Å². The summed E-state index contributed by atoms with van der Waals surface area (Å²) in [6, 6.07) is 8.95. The van der Waals surface area contributed by atoms with Crippen molar-refractivity contribution in [3.63, 3.8) is 0 Å². The lowest BCUT2D eigenvalue weighted by atomic mass is 10.1. The topological polar surface area (TPSA) is 21.1 Å². The first-order chi connectivity index (χ1) is 9.10. The zero-order valence-electron chi connectivity index (χ0n) is 11.7. The summed E-state index contributed by atoms with van der Waals surface area (Å²) in [7, 11) is 2.05. The zero-order valence-corrected chi connectivity index (χ0v) is 11.7. The molecular formula is C15H20FN3. The summed E-state index contributed by atoms with van der Waals surface area (Å²) in [5.41, 5.74) is 2.16. The van der Waals surface area contributed by atoms with Crippen molar-refractivity contribution in [3.8, 4) is 0 Å². The number of rotatable bonds is 5. The molecule has 1 atom stereocenters. The summed E-state index contributed by atoms with van der Waals surface area (Å²) in [6.45, 7) is 5.86. The van der Waals surface area contributed by atoms with Gasteiger partial charge in [0.15, 0.2) is 0 Å². The van der Waals surface area contributed by atoms with Gasteiger partial charge >= 0.3 is 0 Å². The van der Waals surface area contributed by atoms with Gasteiger partial charge in [0.1, 0.15) is 5.82 Å². The average Bonchev–Trinajstić information content (AvgIpc) is 2.86. The highest BCUT2D eigenvalue weighted by atomic mass is 19.1. The van der Waals surface area contributed by atoms with E-state index in [1.165, 1.54) is 12.1 Å². The molecule has 0 aliphatic carbocycles. The van der Waals surface area contributed by atoms with Crippen LogP contribution in [0.5, 0.6) is 0 Å². The summed E-state index contributed by atoms with van der Waals surface area (Å²) in [6.07, 6.45) is 1.99. The van der Waals surface area contributed by atoms with Gasteiger partial charge in [0.2, 0.25) is 0 Å². The van der Waals surface area contributed by atoms with Crippen molar-refractivity contribution in [2.75, 3.05) is 7.05 Å². The van der Waals surface area contributed by atoms with E-state index < -0.39 is 0 Å². The SMILES string of the molecule is CCn1ccc(CN(C)[C@@H](C)c2ccc(F)cc2)n1. The van der Waals surface area contributed by atoms with Crippen LogP contribution in [0.15, 0.2) is 36.5 Å². The lowest BCUT2D eigenvalue weighted by Crippen LogP contribution is -2.22. The molecule has 19 heavy (non-hydrogen) atoms. The van der Waals surface area contributed by atoms with E-state index in [0.29, 0.717) is 0 Å². The number of aromatic nitrogens is 2. The Morgan fingerprint density at radius 2 is 1.95 bits per heavy atom. The highest BCUT2D eigenvalue weighted by Gasteiger charge is 2.13. The van der Waals surface area contributed by atoms with Crippen molar-refractivity contribution in [3.05, 3.63) is 53.6 Å². The normalized spacial score (nSPS) is 12.9. The quantitative estimate of drug-likeness (QED) is 0.824. The first-order valence-electron chi connectivity index (χ1n) is 6.58. The smallest absolute Gasteiger partial charge is 0.123 e. The molecule has 0 N–H and O–H groups in total. The molecule has 4 heteroatoms. The molecule has 0 fully saturated rings. The number of hydrogen-bond acceptors (Lipinski definition) is 2. The lowest BCUT2D eigenvalue weighted by Gasteiger charge is -2.24. The molecule has 2 aromatic rings. The van der Waals surface area contributed by atoms with Gasteiger partial charge < -0.3 is 0 Å². The molecule has 0 amide bonds. The van der Waals surface area contributed by atoms with Crippen molar-refractivity contribution in [1.82, 2.24) is 14.7 Å². The molecule has 0 aliphatic heterocycles. The summed E-state index contributed by atoms with van der Waals surface area (Å²) in [5.74, 6) is -0.194. The Hall–Kier alpha value is -1.68. The van der Waals surface area contributed by atoms with Crippen molar-refractivity contribution in [2.24, 2.45) is 0 Å². The number of hydrogen-bond donors (Lipinski definition) is 0. The van der Waals surface area contributed by atoms with Gasteiger partial charge in [-0.1, -0.05) is 12.1 Å². The Morgan fingerprint density at radius 1 is 1.26 bits per heavy atom. The van der Waals surface area contributed by atoms with Crippen LogP contribution < -0.4 is 0 Å². The predicted molar refractivity (Wildman–Crippen MR) is 74.2 cm³/mol. The largest absolute Gasteiger partial charge is 0.294 e. The maximum Gasteiger partial charge on any atom is 0.123 e. The van der Waals surface area contributed by atoms with Crippen molar-refractivity contribution < 1.29 is 4.39 Å². The fourth-order valence-corrected chi connectivity index (χ4v) is 2.05. The van der Waals surface area contributed by atoms with Gasteiger partial charge in [-0.15, -0.1) is 0 Å². The first-order valence-corrected chi connectivity index (χ1v) is 6.58. The minimum Gasteiger partial charge on any atom is -0.294 e. The Bertz CT molecular complexity index is 518. The highest BCUT2D eigenvalue weighted by Crippen LogP contribution is 2.20. The molecule has 1 heterocycles. The van der Waals surface area contributed by atoms with Crippen molar-refractivity contribution in [2.45, 2.75) is 33.0 Å². The molecule has 0 saturated heterocycles. The van der Waals surface area contributed by atoms with Crippen LogP contribution in [0.3, 0.4) is 0 Å². The third kappa shape index (κ3) is 3.41. The lowest BCUT2D eigenvalue weighted by molar-refractivity contribution is 0.249. The molecule has 102 valence electrons. The second kappa shape index (κ2) is 5.97. The Morgan fingerprint density at radius 3 is 2.53 bits per heavy atom. The van der Waals surface area contributed by atoms with Crippen LogP contribution in [0.4, 0.5) is 4.39 Å². The van der Waals surface area contributed by atoms with E-state index in [-0.39, 0.29) is 11.9 Å². The average molecular weight is 261 g/mol. The van der Waals surface area contributed by atoms with Gasteiger partial charge in [0.05, 0.1) is 5.69 Å². The van der Waals surface area contributed by atoms with Crippen LogP contribution in [0.25, 0.3) is 0 Å². The Kier molecular flexibility index (Phi) is 4.32. The molecular weight excluding hydrogens is 241 g/mol. The van der Waals surface area contributed by atoms with E-state index in [1.807, 2.05) is 29.1 Å². The minimum atomic E-state index is -0.194. The number of nitrogens with zero attached hydrogens (tertiary/aromatic N) is 3. The molecule has 0 unspecified atom stereocenters. The van der Waals surface area contributed by atoms with Crippen LogP contribution in [0, 0.1) is 5.82 Å². The molecule has 1 aromatic carbocycles. The molecule has 0 aliphatic rings. The van der Waals surface area contributed by atoms with Gasteiger partial charge in [-0.3, -0.25) is 9.58 Å². The van der Waals surface area contributed by atoms with Crippen LogP contribution in [-0.4, -0.2) is 21.7 Å². The number of aryl methyl sites for hydroxylation is 1. The number of halogens is 1. The van der Waals surface area contributed by atoms with E-state index >= 15 is 0 Å². The van der Waals surface area contributed by atoms with Gasteiger partial charge in [0.25, 0.3) is 0 Å². The van der Waals surface area contributed by atoms with Gasteiger partial charge in [-0.25, -0.2) is 4.39 Å². The monoisotopic (exact) mass is 261 g/mol. The van der Waals surface area contributed by atoms with Crippen LogP contribution in [-0.2, 0) is 13.1 Å². The third-order valence-corrected chi connectivity index (χ3v) is 3.44. The fourth-order valence-electron chi connectivity index (χ4n) is 2.05. The summed E-state index contributed by atoms with van der Waals surface area (Å²) in [4.78, 5) is 2.20. The maximum atomic E-state index is 12.9. The molecule has 3 nitrogen and oxygen atoms in total. The summed E-state index contributed by atoms with van der Waals surface area (Å²) < 4.78 is 14.8. The molecule has 2 rings (SSSR count). The third-order valence-electron chi connectivity index (χ3n) is 3.44. The molecule has 0 saturated carbocycles. The fraction of sp³-hybridized carbons (Fsp3) is 0.400. The molecule has 0 bridgehead atoms. The standard InChI is InChI=1S/C15H20FN3/c1-4-19-10-9-15(17-19)11-18(3)12(2)13-5-7-14(16)8-6-13/h5-10,12H,4,11H2,1-3H3/t12-/m0/s1. The van der Waals surface area contributed by atoms with E-state index in [9.17, 15) is 4.39 Å². The second-order valence-electron chi connectivity index (χ2n) is 4.81. The zero-order chi connectivity index (χ0) is 13.8. The molecule has 0 spiro atoms. The van der Waals surface area contributed by atoms with Crippen LogP contribution >= 0.6 is 0 Å². The van der Waals surface area contributed by atoms with Crippen LogP contribution in [0.1, 0.15) is 31.1 Å². The summed E-state index contributed by atoms with van der Waals surface area (Å²) in [5, 5.41) is 4.47. The molecule has 0 radical (unpaired) electrons. The summed E-state index contributed by atoms with van der Waals surface area (Å²) >= 11 is 0. The van der Waals surface area contributed by atoms with E-state index in [4.69, 9.17) is 0 Å². The highest BCUT2D eigenvalue weighted by molar-refractivity contribution is 5.19. The van der Waals surface area contributed by atoms with Gasteiger partial charge in [-0.05, 0) is 44.7 Å². The van der Waals surface area contributed by atoms with Crippen LogP contribution in [0.2, 0.25) is 0 Å². The Balaban J connectivity index is 2.02. The van der Waals surface area contributed by atoms with Crippen molar-refractivity contribution >= 4 is 0 Å². The Labute approximate surface area is 113 Å². The number of benzene rings is 1.